The highest BCUT2D eigenvalue weighted by molar-refractivity contribution is 5.15. The fourth-order valence-electron chi connectivity index (χ4n) is 1.19. The SMILES string of the molecule is C[C@H](O)C=CCCc1ccccc1. The van der Waals surface area contributed by atoms with Crippen LogP contribution >= 0.6 is 0 Å². The van der Waals surface area contributed by atoms with Crippen molar-refractivity contribution < 1.29 is 5.11 Å². The van der Waals surface area contributed by atoms with Crippen LogP contribution in [-0.2, 0) is 6.42 Å². The predicted molar refractivity (Wildman–Crippen MR) is 55.6 cm³/mol. The molecule has 1 aromatic rings. The molecule has 13 heavy (non-hydrogen) atoms. The zero-order valence-corrected chi connectivity index (χ0v) is 7.98. The summed E-state index contributed by atoms with van der Waals surface area (Å²) in [5.74, 6) is 0. The molecule has 0 aromatic heterocycles. The molecule has 0 aliphatic rings. The van der Waals surface area contributed by atoms with Crippen LogP contribution in [0.1, 0.15) is 18.9 Å². The lowest BCUT2D eigenvalue weighted by Gasteiger charge is -1.97. The average Bonchev–Trinajstić information content (AvgIpc) is 2.14. The molecule has 1 heteroatoms. The van der Waals surface area contributed by atoms with Crippen molar-refractivity contribution in [2.45, 2.75) is 25.9 Å². The molecular weight excluding hydrogens is 160 g/mol. The molecule has 0 fully saturated rings. The zero-order valence-electron chi connectivity index (χ0n) is 7.98. The molecular formula is C12H16O. The molecule has 0 aliphatic heterocycles. The third kappa shape index (κ3) is 4.48. The minimum Gasteiger partial charge on any atom is -0.389 e. The van der Waals surface area contributed by atoms with Gasteiger partial charge in [-0.15, -0.1) is 0 Å². The van der Waals surface area contributed by atoms with Gasteiger partial charge in [0.05, 0.1) is 6.10 Å². The van der Waals surface area contributed by atoms with Gasteiger partial charge in [0.2, 0.25) is 0 Å². The molecule has 1 rings (SSSR count). The van der Waals surface area contributed by atoms with Gasteiger partial charge < -0.3 is 5.11 Å². The van der Waals surface area contributed by atoms with E-state index in [1.807, 2.05) is 30.4 Å². The topological polar surface area (TPSA) is 20.2 Å². The number of aliphatic hydroxyl groups is 1. The van der Waals surface area contributed by atoms with Crippen molar-refractivity contribution in [3.05, 3.63) is 48.0 Å². The van der Waals surface area contributed by atoms with E-state index in [-0.39, 0.29) is 6.10 Å². The number of aliphatic hydroxyl groups excluding tert-OH is 1. The Bertz CT molecular complexity index is 249. The minimum absolute atomic E-state index is 0.323. The molecule has 0 saturated heterocycles. The molecule has 0 heterocycles. The van der Waals surface area contributed by atoms with Gasteiger partial charge in [-0.05, 0) is 25.3 Å². The van der Waals surface area contributed by atoms with Crippen molar-refractivity contribution >= 4 is 0 Å². The van der Waals surface area contributed by atoms with Crippen molar-refractivity contribution in [3.63, 3.8) is 0 Å². The van der Waals surface area contributed by atoms with E-state index < -0.39 is 0 Å². The standard InChI is InChI=1S/C12H16O/c1-11(13)7-5-6-10-12-8-3-2-4-9-12/h2-5,7-9,11,13H,6,10H2,1H3/t11-/m0/s1. The normalized spacial score (nSPS) is 13.4. The Morgan fingerprint density at radius 3 is 2.62 bits per heavy atom. The summed E-state index contributed by atoms with van der Waals surface area (Å²) in [6.07, 6.45) is 5.57. The van der Waals surface area contributed by atoms with Gasteiger partial charge in [-0.25, -0.2) is 0 Å². The van der Waals surface area contributed by atoms with E-state index in [1.54, 1.807) is 6.92 Å². The molecule has 70 valence electrons. The van der Waals surface area contributed by atoms with Crippen LogP contribution in [0.25, 0.3) is 0 Å². The Hall–Kier alpha value is -1.08. The van der Waals surface area contributed by atoms with E-state index in [0.29, 0.717) is 0 Å². The van der Waals surface area contributed by atoms with Gasteiger partial charge in [0, 0.05) is 0 Å². The average molecular weight is 176 g/mol. The van der Waals surface area contributed by atoms with Crippen LogP contribution in [0.4, 0.5) is 0 Å². The van der Waals surface area contributed by atoms with Gasteiger partial charge in [0.25, 0.3) is 0 Å². The number of aryl methyl sites for hydroxylation is 1. The monoisotopic (exact) mass is 176 g/mol. The van der Waals surface area contributed by atoms with Crippen molar-refractivity contribution in [2.24, 2.45) is 0 Å². The maximum absolute atomic E-state index is 8.96. The fourth-order valence-corrected chi connectivity index (χ4v) is 1.19. The predicted octanol–water partition coefficient (Wildman–Crippen LogP) is 2.56. The number of hydrogen-bond acceptors (Lipinski definition) is 1. The van der Waals surface area contributed by atoms with E-state index in [1.165, 1.54) is 5.56 Å². The first kappa shape index (κ1) is 10.0. The largest absolute Gasteiger partial charge is 0.389 e. The number of allylic oxidation sites excluding steroid dienone is 1. The summed E-state index contributed by atoms with van der Waals surface area (Å²) in [6, 6.07) is 10.4. The molecule has 0 saturated carbocycles. The highest BCUT2D eigenvalue weighted by atomic mass is 16.3. The second kappa shape index (κ2) is 5.55. The van der Waals surface area contributed by atoms with Crippen molar-refractivity contribution in [1.29, 1.82) is 0 Å². The van der Waals surface area contributed by atoms with Crippen LogP contribution in [0.2, 0.25) is 0 Å². The fraction of sp³-hybridized carbons (Fsp3) is 0.333. The molecule has 1 atom stereocenters. The second-order valence-electron chi connectivity index (χ2n) is 3.19. The lowest BCUT2D eigenvalue weighted by atomic mass is 10.1. The third-order valence-electron chi connectivity index (χ3n) is 1.86. The molecule has 0 aliphatic carbocycles. The van der Waals surface area contributed by atoms with Crippen molar-refractivity contribution in [2.75, 3.05) is 0 Å². The molecule has 1 aromatic carbocycles. The first-order chi connectivity index (χ1) is 6.29. The lowest BCUT2D eigenvalue weighted by Crippen LogP contribution is -1.91. The van der Waals surface area contributed by atoms with Gasteiger partial charge in [0.15, 0.2) is 0 Å². The molecule has 0 radical (unpaired) electrons. The molecule has 0 amide bonds. The summed E-state index contributed by atoms with van der Waals surface area (Å²) in [6.45, 7) is 1.76. The van der Waals surface area contributed by atoms with Gasteiger partial charge in [-0.1, -0.05) is 42.5 Å². The maximum atomic E-state index is 8.96. The molecule has 0 bridgehead atoms. The smallest absolute Gasteiger partial charge is 0.0692 e. The van der Waals surface area contributed by atoms with Crippen LogP contribution in [0, 0.1) is 0 Å². The summed E-state index contributed by atoms with van der Waals surface area (Å²) in [4.78, 5) is 0. The van der Waals surface area contributed by atoms with Crippen LogP contribution in [-0.4, -0.2) is 11.2 Å². The van der Waals surface area contributed by atoms with Gasteiger partial charge in [-0.3, -0.25) is 0 Å². The molecule has 1 N–H and O–H groups in total. The highest BCUT2D eigenvalue weighted by Gasteiger charge is 1.89. The molecule has 0 unspecified atom stereocenters. The minimum atomic E-state index is -0.323. The van der Waals surface area contributed by atoms with Gasteiger partial charge in [0.1, 0.15) is 0 Å². The van der Waals surface area contributed by atoms with E-state index in [9.17, 15) is 0 Å². The zero-order chi connectivity index (χ0) is 9.52. The van der Waals surface area contributed by atoms with Crippen LogP contribution in [0.5, 0.6) is 0 Å². The van der Waals surface area contributed by atoms with E-state index in [2.05, 4.69) is 12.1 Å². The summed E-state index contributed by atoms with van der Waals surface area (Å²) in [5.41, 5.74) is 1.35. The number of hydrogen-bond donors (Lipinski definition) is 1. The second-order valence-corrected chi connectivity index (χ2v) is 3.19. The Balaban J connectivity index is 2.28. The Morgan fingerprint density at radius 1 is 1.31 bits per heavy atom. The maximum Gasteiger partial charge on any atom is 0.0692 e. The van der Waals surface area contributed by atoms with Crippen LogP contribution < -0.4 is 0 Å². The van der Waals surface area contributed by atoms with Crippen molar-refractivity contribution in [1.82, 2.24) is 0 Å². The summed E-state index contributed by atoms with van der Waals surface area (Å²) < 4.78 is 0. The van der Waals surface area contributed by atoms with E-state index in [4.69, 9.17) is 5.11 Å². The van der Waals surface area contributed by atoms with Gasteiger partial charge in [-0.2, -0.15) is 0 Å². The quantitative estimate of drug-likeness (QED) is 0.699. The van der Waals surface area contributed by atoms with Crippen LogP contribution in [0.15, 0.2) is 42.5 Å². The van der Waals surface area contributed by atoms with Crippen molar-refractivity contribution in [3.8, 4) is 0 Å². The molecule has 1 nitrogen and oxygen atoms in total. The lowest BCUT2D eigenvalue weighted by molar-refractivity contribution is 0.244. The summed E-state index contributed by atoms with van der Waals surface area (Å²) >= 11 is 0. The number of benzene rings is 1. The highest BCUT2D eigenvalue weighted by Crippen LogP contribution is 2.02. The number of rotatable bonds is 4. The Kier molecular flexibility index (Phi) is 4.27. The third-order valence-corrected chi connectivity index (χ3v) is 1.86. The summed E-state index contributed by atoms with van der Waals surface area (Å²) in [7, 11) is 0. The van der Waals surface area contributed by atoms with Crippen LogP contribution in [0.3, 0.4) is 0 Å². The van der Waals surface area contributed by atoms with Gasteiger partial charge >= 0.3 is 0 Å². The van der Waals surface area contributed by atoms with E-state index >= 15 is 0 Å². The first-order valence-electron chi connectivity index (χ1n) is 4.67. The van der Waals surface area contributed by atoms with E-state index in [0.717, 1.165) is 12.8 Å². The Morgan fingerprint density at radius 2 is 2.00 bits per heavy atom. The molecule has 0 spiro atoms. The Labute approximate surface area is 79.7 Å². The summed E-state index contributed by atoms with van der Waals surface area (Å²) in [5, 5.41) is 8.96. The first-order valence-corrected chi connectivity index (χ1v) is 4.67.